The van der Waals surface area contributed by atoms with Crippen LogP contribution < -0.4 is 10.4 Å². The summed E-state index contributed by atoms with van der Waals surface area (Å²) in [5, 5.41) is 2.60. The number of rotatable bonds is 6. The fraction of sp³-hybridized carbons (Fsp3) is 0.241. The van der Waals surface area contributed by atoms with E-state index < -0.39 is 8.32 Å². The highest BCUT2D eigenvalue weighted by Crippen LogP contribution is 2.43. The molecule has 2 atom stereocenters. The lowest BCUT2D eigenvalue weighted by molar-refractivity contribution is 0.146. The Kier molecular flexibility index (Phi) is 6.40. The summed E-state index contributed by atoms with van der Waals surface area (Å²) in [7, 11) is -2.64. The third-order valence-corrected chi connectivity index (χ3v) is 11.3. The molecule has 1 nitrogen and oxygen atoms in total. The molecular weight excluding hydrogens is 392 g/mol. The predicted molar refractivity (Wildman–Crippen MR) is 134 cm³/mol. The minimum absolute atomic E-state index is 0.00583. The summed E-state index contributed by atoms with van der Waals surface area (Å²) in [4.78, 5) is 0. The molecule has 0 aromatic heterocycles. The molecule has 31 heavy (non-hydrogen) atoms. The van der Waals surface area contributed by atoms with Gasteiger partial charge < -0.3 is 4.43 Å². The van der Waals surface area contributed by atoms with Crippen LogP contribution in [0.1, 0.15) is 38.9 Å². The molecule has 0 fully saturated rings. The molecule has 0 radical (unpaired) electrons. The van der Waals surface area contributed by atoms with Gasteiger partial charge in [0, 0.05) is 5.92 Å². The first-order valence-corrected chi connectivity index (χ1v) is 13.1. The summed E-state index contributed by atoms with van der Waals surface area (Å²) in [6.45, 7) is 7.04. The van der Waals surface area contributed by atoms with E-state index in [0.717, 1.165) is 6.42 Å². The van der Waals surface area contributed by atoms with Crippen molar-refractivity contribution in [1.29, 1.82) is 0 Å². The number of hydrogen-bond donors (Lipinski definition) is 0. The zero-order valence-electron chi connectivity index (χ0n) is 18.7. The first-order valence-electron chi connectivity index (χ1n) is 11.2. The van der Waals surface area contributed by atoms with Crippen LogP contribution in [0.4, 0.5) is 0 Å². The van der Waals surface area contributed by atoms with Crippen molar-refractivity contribution in [2.24, 2.45) is 5.92 Å². The van der Waals surface area contributed by atoms with E-state index in [2.05, 4.69) is 136 Å². The van der Waals surface area contributed by atoms with E-state index in [9.17, 15) is 0 Å². The Bertz CT molecular complexity index is 977. The van der Waals surface area contributed by atoms with Crippen LogP contribution in [0.2, 0.25) is 5.04 Å². The second kappa shape index (κ2) is 9.21. The largest absolute Gasteiger partial charge is 0.400 e. The molecule has 0 spiro atoms. The number of hydrogen-bond acceptors (Lipinski definition) is 1. The molecule has 0 N–H and O–H groups in total. The van der Waals surface area contributed by atoms with Crippen LogP contribution >= 0.6 is 0 Å². The zero-order valence-corrected chi connectivity index (χ0v) is 19.7. The van der Waals surface area contributed by atoms with Crippen LogP contribution in [0, 0.1) is 5.92 Å². The van der Waals surface area contributed by atoms with E-state index in [4.69, 9.17) is 4.43 Å². The highest BCUT2D eigenvalue weighted by molar-refractivity contribution is 6.99. The maximum atomic E-state index is 7.55. The van der Waals surface area contributed by atoms with Crippen LogP contribution in [0.15, 0.2) is 115 Å². The lowest BCUT2D eigenvalue weighted by Gasteiger charge is -2.46. The van der Waals surface area contributed by atoms with Crippen molar-refractivity contribution in [2.45, 2.75) is 38.3 Å². The summed E-state index contributed by atoms with van der Waals surface area (Å²) in [6.07, 6.45) is 9.87. The molecule has 3 aromatic rings. The maximum Gasteiger partial charge on any atom is 0.261 e. The Hall–Kier alpha value is -2.68. The van der Waals surface area contributed by atoms with Gasteiger partial charge in [0.1, 0.15) is 0 Å². The fourth-order valence-corrected chi connectivity index (χ4v) is 9.46. The Morgan fingerprint density at radius 2 is 1.26 bits per heavy atom. The SMILES string of the molecule is CC(C)(C)[Si](O[C@H](c1ccccc1)[C@H]1C=CC=CC1)(c1ccccc1)c1ccccc1. The molecule has 0 saturated heterocycles. The van der Waals surface area contributed by atoms with Gasteiger partial charge in [-0.15, -0.1) is 0 Å². The normalized spacial score (nSPS) is 17.5. The van der Waals surface area contributed by atoms with Gasteiger partial charge in [-0.25, -0.2) is 0 Å². The first kappa shape index (κ1) is 21.5. The Morgan fingerprint density at radius 3 is 1.71 bits per heavy atom. The average Bonchev–Trinajstić information content (AvgIpc) is 2.81. The van der Waals surface area contributed by atoms with Gasteiger partial charge in [0.15, 0.2) is 0 Å². The van der Waals surface area contributed by atoms with Crippen molar-refractivity contribution in [3.8, 4) is 0 Å². The van der Waals surface area contributed by atoms with Crippen LogP contribution in [-0.4, -0.2) is 8.32 Å². The highest BCUT2D eigenvalue weighted by atomic mass is 28.4. The minimum atomic E-state index is -2.64. The molecular formula is C29H32OSi. The molecule has 0 amide bonds. The molecule has 0 heterocycles. The first-order chi connectivity index (χ1) is 15.0. The predicted octanol–water partition coefficient (Wildman–Crippen LogP) is 6.44. The average molecular weight is 425 g/mol. The van der Waals surface area contributed by atoms with E-state index >= 15 is 0 Å². The molecule has 0 unspecified atom stereocenters. The summed E-state index contributed by atoms with van der Waals surface area (Å²) in [6, 6.07) is 32.6. The maximum absolute atomic E-state index is 7.55. The minimum Gasteiger partial charge on any atom is -0.400 e. The van der Waals surface area contributed by atoms with Gasteiger partial charge in [0.05, 0.1) is 6.10 Å². The Morgan fingerprint density at radius 1 is 0.742 bits per heavy atom. The van der Waals surface area contributed by atoms with Gasteiger partial charge >= 0.3 is 0 Å². The summed E-state index contributed by atoms with van der Waals surface area (Å²) >= 11 is 0. The van der Waals surface area contributed by atoms with Gasteiger partial charge in [-0.1, -0.05) is 136 Å². The Labute approximate surface area is 188 Å². The molecule has 0 aliphatic heterocycles. The van der Waals surface area contributed by atoms with Gasteiger partial charge in [0.25, 0.3) is 8.32 Å². The highest BCUT2D eigenvalue weighted by Gasteiger charge is 2.52. The van der Waals surface area contributed by atoms with Crippen molar-refractivity contribution in [2.75, 3.05) is 0 Å². The monoisotopic (exact) mass is 424 g/mol. The lowest BCUT2D eigenvalue weighted by atomic mass is 9.90. The van der Waals surface area contributed by atoms with E-state index in [1.807, 2.05) is 0 Å². The molecule has 4 rings (SSSR count). The standard InChI is InChI=1S/C29H32OSi/c1-29(2,3)31(26-20-12-6-13-21-26,27-22-14-7-15-23-27)30-28(24-16-8-4-9-17-24)25-18-10-5-11-19-25/h4-18,20-23,25,28H,19H2,1-3H3/t25-,28+/m0/s1. The number of benzene rings is 3. The summed E-state index contributed by atoms with van der Waals surface area (Å²) in [5.74, 6) is 0.314. The summed E-state index contributed by atoms with van der Waals surface area (Å²) < 4.78 is 7.55. The van der Waals surface area contributed by atoms with Crippen LogP contribution in [0.3, 0.4) is 0 Å². The molecule has 158 valence electrons. The molecule has 1 aliphatic rings. The second-order valence-corrected chi connectivity index (χ2v) is 13.6. The van der Waals surface area contributed by atoms with Crippen LogP contribution in [-0.2, 0) is 4.43 Å². The second-order valence-electron chi connectivity index (χ2n) is 9.32. The van der Waals surface area contributed by atoms with Crippen LogP contribution in [0.5, 0.6) is 0 Å². The quantitative estimate of drug-likeness (QED) is 0.414. The number of allylic oxidation sites excluding steroid dienone is 3. The molecule has 0 bridgehead atoms. The van der Waals surface area contributed by atoms with Gasteiger partial charge in [-0.05, 0) is 27.4 Å². The van der Waals surface area contributed by atoms with E-state index in [-0.39, 0.29) is 11.1 Å². The third-order valence-electron chi connectivity index (χ3n) is 6.25. The topological polar surface area (TPSA) is 9.23 Å². The van der Waals surface area contributed by atoms with Crippen molar-refractivity contribution in [3.63, 3.8) is 0 Å². The van der Waals surface area contributed by atoms with E-state index in [1.54, 1.807) is 0 Å². The van der Waals surface area contributed by atoms with Crippen molar-refractivity contribution in [1.82, 2.24) is 0 Å². The van der Waals surface area contributed by atoms with Crippen molar-refractivity contribution >= 4 is 18.7 Å². The molecule has 2 heteroatoms. The Balaban J connectivity index is 1.92. The molecule has 3 aromatic carbocycles. The van der Waals surface area contributed by atoms with Crippen LogP contribution in [0.25, 0.3) is 0 Å². The van der Waals surface area contributed by atoms with Gasteiger partial charge in [-0.2, -0.15) is 0 Å². The van der Waals surface area contributed by atoms with E-state index in [0.29, 0.717) is 5.92 Å². The fourth-order valence-electron chi connectivity index (χ4n) is 4.75. The zero-order chi connectivity index (χ0) is 21.7. The van der Waals surface area contributed by atoms with Gasteiger partial charge in [-0.3, -0.25) is 0 Å². The van der Waals surface area contributed by atoms with Crippen molar-refractivity contribution < 1.29 is 4.43 Å². The summed E-state index contributed by atoms with van der Waals surface area (Å²) in [5.41, 5.74) is 1.25. The molecule has 1 aliphatic carbocycles. The lowest BCUT2D eigenvalue weighted by Crippen LogP contribution is -2.67. The van der Waals surface area contributed by atoms with Crippen molar-refractivity contribution in [3.05, 3.63) is 121 Å². The third kappa shape index (κ3) is 4.37. The van der Waals surface area contributed by atoms with E-state index in [1.165, 1.54) is 15.9 Å². The smallest absolute Gasteiger partial charge is 0.261 e. The molecule has 0 saturated carbocycles. The van der Waals surface area contributed by atoms with Gasteiger partial charge in [0.2, 0.25) is 0 Å².